The molecule has 1 aromatic heterocycles. The highest BCUT2D eigenvalue weighted by Gasteiger charge is 2.44. The van der Waals surface area contributed by atoms with Gasteiger partial charge in [0.2, 0.25) is 0 Å². The van der Waals surface area contributed by atoms with E-state index < -0.39 is 17.0 Å². The van der Waals surface area contributed by atoms with Crippen LogP contribution in [0.1, 0.15) is 58.0 Å². The van der Waals surface area contributed by atoms with Gasteiger partial charge in [0.05, 0.1) is 5.92 Å². The van der Waals surface area contributed by atoms with Gasteiger partial charge in [-0.1, -0.05) is 0 Å². The van der Waals surface area contributed by atoms with E-state index >= 15 is 0 Å². The van der Waals surface area contributed by atoms with Crippen molar-refractivity contribution in [1.82, 2.24) is 4.72 Å². The summed E-state index contributed by atoms with van der Waals surface area (Å²) in [5.74, 6) is -0.535. The molecule has 0 amide bonds. The van der Waals surface area contributed by atoms with Crippen LogP contribution in [0.2, 0.25) is 0 Å². The Balaban J connectivity index is 2.20. The SMILES string of the molecule is CC(C)(C)OC(=O)[C@@H]1Cc2ccsc2[C@H]1N[S+]([O-])C(C)(C)C. The minimum Gasteiger partial charge on any atom is -0.598 e. The average Bonchev–Trinajstić information content (AvgIpc) is 2.87. The molecule has 1 heterocycles. The first-order valence-electron chi connectivity index (χ1n) is 7.46. The molecule has 1 aliphatic carbocycles. The number of hydrogen-bond acceptors (Lipinski definition) is 5. The molecule has 1 N–H and O–H groups in total. The Kier molecular flexibility index (Phi) is 4.97. The van der Waals surface area contributed by atoms with Gasteiger partial charge < -0.3 is 9.29 Å². The highest BCUT2D eigenvalue weighted by Crippen LogP contribution is 2.41. The second-order valence-corrected chi connectivity index (χ2v) is 10.6. The Hall–Kier alpha value is -0.560. The van der Waals surface area contributed by atoms with Crippen molar-refractivity contribution in [2.75, 3.05) is 0 Å². The van der Waals surface area contributed by atoms with E-state index in [9.17, 15) is 9.35 Å². The normalized spacial score (nSPS) is 23.2. The summed E-state index contributed by atoms with van der Waals surface area (Å²) >= 11 is 0.377. The fraction of sp³-hybridized carbons (Fsp3) is 0.688. The summed E-state index contributed by atoms with van der Waals surface area (Å²) in [5.41, 5.74) is 0.644. The molecule has 0 aliphatic heterocycles. The number of thiophene rings is 1. The second-order valence-electron chi connectivity index (χ2n) is 7.63. The molecule has 0 fully saturated rings. The zero-order valence-electron chi connectivity index (χ0n) is 14.1. The van der Waals surface area contributed by atoms with Crippen molar-refractivity contribution in [3.8, 4) is 0 Å². The van der Waals surface area contributed by atoms with Crippen molar-refractivity contribution in [2.24, 2.45) is 5.92 Å². The summed E-state index contributed by atoms with van der Waals surface area (Å²) in [6, 6.07) is 1.81. The Morgan fingerprint density at radius 3 is 2.55 bits per heavy atom. The number of nitrogens with one attached hydrogen (secondary N) is 1. The van der Waals surface area contributed by atoms with Crippen molar-refractivity contribution in [3.05, 3.63) is 21.9 Å². The molecule has 1 aliphatic rings. The van der Waals surface area contributed by atoms with Crippen molar-refractivity contribution in [1.29, 1.82) is 0 Å². The minimum atomic E-state index is -1.23. The number of hydrogen-bond donors (Lipinski definition) is 1. The maximum Gasteiger partial charge on any atom is 0.311 e. The highest BCUT2D eigenvalue weighted by atomic mass is 32.2. The molecule has 0 bridgehead atoms. The maximum absolute atomic E-state index is 12.5. The van der Waals surface area contributed by atoms with Crippen molar-refractivity contribution >= 4 is 28.7 Å². The first-order valence-corrected chi connectivity index (χ1v) is 9.49. The largest absolute Gasteiger partial charge is 0.598 e. The number of ether oxygens (including phenoxy) is 1. The van der Waals surface area contributed by atoms with Crippen LogP contribution in [0.15, 0.2) is 11.4 Å². The third-order valence-electron chi connectivity index (χ3n) is 3.41. The van der Waals surface area contributed by atoms with Gasteiger partial charge in [0, 0.05) is 16.2 Å². The molecule has 6 heteroatoms. The van der Waals surface area contributed by atoms with Crippen molar-refractivity contribution in [2.45, 2.75) is 64.4 Å². The van der Waals surface area contributed by atoms with E-state index in [1.807, 2.05) is 53.0 Å². The summed E-state index contributed by atoms with van der Waals surface area (Å²) in [7, 11) is 0. The Morgan fingerprint density at radius 1 is 1.36 bits per heavy atom. The van der Waals surface area contributed by atoms with Gasteiger partial charge in [-0.25, -0.2) is 0 Å². The third kappa shape index (κ3) is 4.04. The van der Waals surface area contributed by atoms with Crippen LogP contribution in [0.5, 0.6) is 0 Å². The first-order chi connectivity index (χ1) is 9.99. The van der Waals surface area contributed by atoms with E-state index in [0.29, 0.717) is 6.42 Å². The Morgan fingerprint density at radius 2 is 2.00 bits per heavy atom. The average molecular weight is 344 g/mol. The molecular formula is C16H25NO3S2. The molecule has 0 saturated heterocycles. The predicted octanol–water partition coefficient (Wildman–Crippen LogP) is 3.36. The number of fused-ring (bicyclic) bond motifs is 1. The summed E-state index contributed by atoms with van der Waals surface area (Å²) in [6.45, 7) is 11.4. The lowest BCUT2D eigenvalue weighted by Gasteiger charge is -2.29. The number of esters is 1. The fourth-order valence-corrected chi connectivity index (χ4v) is 4.34. The highest BCUT2D eigenvalue weighted by molar-refractivity contribution is 7.90. The van der Waals surface area contributed by atoms with E-state index in [2.05, 4.69) is 4.72 Å². The fourth-order valence-electron chi connectivity index (χ4n) is 2.35. The number of carbonyl (C=O) groups excluding carboxylic acids is 1. The molecule has 124 valence electrons. The second kappa shape index (κ2) is 6.15. The molecule has 0 radical (unpaired) electrons. The van der Waals surface area contributed by atoms with Crippen LogP contribution in [-0.2, 0) is 27.3 Å². The van der Waals surface area contributed by atoms with E-state index in [-0.39, 0.29) is 22.7 Å². The maximum atomic E-state index is 12.5. The van der Waals surface area contributed by atoms with Crippen LogP contribution in [0.25, 0.3) is 0 Å². The third-order valence-corrected chi connectivity index (χ3v) is 6.03. The zero-order chi connectivity index (χ0) is 16.7. The summed E-state index contributed by atoms with van der Waals surface area (Å²) in [6.07, 6.45) is 0.646. The van der Waals surface area contributed by atoms with Gasteiger partial charge in [0.1, 0.15) is 16.4 Å². The molecule has 3 atom stereocenters. The monoisotopic (exact) mass is 343 g/mol. The predicted molar refractivity (Wildman–Crippen MR) is 91.1 cm³/mol. The first kappa shape index (κ1) is 17.8. The van der Waals surface area contributed by atoms with Gasteiger partial charge >= 0.3 is 5.97 Å². The Bertz CT molecular complexity index is 542. The van der Waals surface area contributed by atoms with Crippen LogP contribution in [0, 0.1) is 5.92 Å². The van der Waals surface area contributed by atoms with Gasteiger partial charge in [0.25, 0.3) is 0 Å². The lowest BCUT2D eigenvalue weighted by molar-refractivity contribution is -0.160. The van der Waals surface area contributed by atoms with E-state index in [1.165, 1.54) is 0 Å². The molecule has 1 unspecified atom stereocenters. The molecule has 1 aromatic rings. The van der Waals surface area contributed by atoms with Gasteiger partial charge in [0.15, 0.2) is 0 Å². The number of rotatable bonds is 3. The van der Waals surface area contributed by atoms with Gasteiger partial charge in [-0.15, -0.1) is 16.1 Å². The van der Waals surface area contributed by atoms with Crippen LogP contribution < -0.4 is 4.72 Å². The Labute approximate surface area is 139 Å². The lowest BCUT2D eigenvalue weighted by Crippen LogP contribution is -2.44. The van der Waals surface area contributed by atoms with E-state index in [4.69, 9.17) is 4.74 Å². The summed E-state index contributed by atoms with van der Waals surface area (Å²) in [4.78, 5) is 13.6. The van der Waals surface area contributed by atoms with E-state index in [0.717, 1.165) is 10.4 Å². The summed E-state index contributed by atoms with van der Waals surface area (Å²) in [5, 5.41) is 2.02. The van der Waals surface area contributed by atoms with Crippen LogP contribution in [0.3, 0.4) is 0 Å². The zero-order valence-corrected chi connectivity index (χ0v) is 15.7. The lowest BCUT2D eigenvalue weighted by atomic mass is 10.0. The molecule has 4 nitrogen and oxygen atoms in total. The van der Waals surface area contributed by atoms with Crippen LogP contribution in [-0.4, -0.2) is 20.9 Å². The van der Waals surface area contributed by atoms with Crippen LogP contribution >= 0.6 is 11.3 Å². The smallest absolute Gasteiger partial charge is 0.311 e. The summed E-state index contributed by atoms with van der Waals surface area (Å²) < 4.78 is 20.8. The standard InChI is InChI=1S/C16H25NO3S2/c1-15(2,3)20-14(18)11-9-10-7-8-21-13(10)12(11)17-22(19)16(4,5)6/h7-8,11-12,17H,9H2,1-6H3/t11-,12+,22?/m1/s1. The quantitative estimate of drug-likeness (QED) is 0.675. The van der Waals surface area contributed by atoms with Crippen LogP contribution in [0.4, 0.5) is 0 Å². The van der Waals surface area contributed by atoms with E-state index in [1.54, 1.807) is 11.3 Å². The molecule has 0 saturated carbocycles. The van der Waals surface area contributed by atoms with Gasteiger partial charge in [-0.3, -0.25) is 4.79 Å². The molecule has 22 heavy (non-hydrogen) atoms. The van der Waals surface area contributed by atoms with Gasteiger partial charge in [-0.05, 0) is 65.0 Å². The topological polar surface area (TPSA) is 61.4 Å². The molecule has 2 rings (SSSR count). The van der Waals surface area contributed by atoms with Crippen molar-refractivity contribution < 1.29 is 14.1 Å². The minimum absolute atomic E-state index is 0.223. The van der Waals surface area contributed by atoms with Crippen molar-refractivity contribution in [3.63, 3.8) is 0 Å². The molecular weight excluding hydrogens is 318 g/mol. The number of carbonyl (C=O) groups is 1. The molecule has 0 spiro atoms. The van der Waals surface area contributed by atoms with Gasteiger partial charge in [-0.2, -0.15) is 0 Å². The molecule has 0 aromatic carbocycles.